The third-order valence-electron chi connectivity index (χ3n) is 2.24. The zero-order chi connectivity index (χ0) is 14.1. The number of carbonyl (C=O) groups is 2. The second-order valence-electron chi connectivity index (χ2n) is 4.89. The van der Waals surface area contributed by atoms with Crippen LogP contribution in [0.15, 0.2) is 0 Å². The van der Waals surface area contributed by atoms with Crippen molar-refractivity contribution in [2.24, 2.45) is 0 Å². The summed E-state index contributed by atoms with van der Waals surface area (Å²) < 4.78 is 43.3. The number of halogens is 3. The topological polar surface area (TPSA) is 58.6 Å². The first kappa shape index (κ1) is 14.7. The molecule has 1 saturated heterocycles. The number of hydrogen-bond donors (Lipinski definition) is 1. The maximum atomic E-state index is 12.7. The van der Waals surface area contributed by atoms with E-state index >= 15 is 0 Å². The number of nitrogens with one attached hydrogen (secondary N) is 1. The molecule has 1 atom stereocenters. The van der Waals surface area contributed by atoms with E-state index in [0.717, 1.165) is 0 Å². The highest BCUT2D eigenvalue weighted by Gasteiger charge is 2.50. The molecule has 104 valence electrons. The van der Waals surface area contributed by atoms with Crippen LogP contribution in [0.4, 0.5) is 13.2 Å². The molecule has 8 heteroatoms. The van der Waals surface area contributed by atoms with Gasteiger partial charge in [0.2, 0.25) is 11.8 Å². The second-order valence-corrected chi connectivity index (χ2v) is 4.89. The molecular weight excluding hydrogens is 253 g/mol. The molecule has 2 amide bonds. The summed E-state index contributed by atoms with van der Waals surface area (Å²) in [5.41, 5.74) is -0.696. The first-order chi connectivity index (χ1) is 8.02. The van der Waals surface area contributed by atoms with Crippen molar-refractivity contribution in [2.75, 3.05) is 13.2 Å². The fourth-order valence-corrected chi connectivity index (χ4v) is 1.45. The Morgan fingerprint density at radius 3 is 2.33 bits per heavy atom. The SMILES string of the molecule is CC(C)(C)OC[C@H]1C(=O)NCC(=O)N1C(F)(F)F. The van der Waals surface area contributed by atoms with Gasteiger partial charge >= 0.3 is 6.30 Å². The number of ether oxygens (including phenoxy) is 1. The largest absolute Gasteiger partial charge is 0.487 e. The minimum absolute atomic E-state index is 0.377. The molecule has 0 saturated carbocycles. The lowest BCUT2D eigenvalue weighted by Gasteiger charge is -2.36. The molecule has 0 aliphatic carbocycles. The van der Waals surface area contributed by atoms with Crippen LogP contribution >= 0.6 is 0 Å². The number of hydrogen-bond acceptors (Lipinski definition) is 3. The van der Waals surface area contributed by atoms with Crippen LogP contribution in [0.5, 0.6) is 0 Å². The summed E-state index contributed by atoms with van der Waals surface area (Å²) in [7, 11) is 0. The zero-order valence-corrected chi connectivity index (χ0v) is 10.3. The van der Waals surface area contributed by atoms with Crippen LogP contribution in [0, 0.1) is 0 Å². The van der Waals surface area contributed by atoms with E-state index in [4.69, 9.17) is 4.74 Å². The summed E-state index contributed by atoms with van der Waals surface area (Å²) in [5.74, 6) is -2.05. The van der Waals surface area contributed by atoms with Crippen molar-refractivity contribution in [3.8, 4) is 0 Å². The van der Waals surface area contributed by atoms with Gasteiger partial charge in [-0.25, -0.2) is 4.90 Å². The van der Waals surface area contributed by atoms with Crippen molar-refractivity contribution < 1.29 is 27.5 Å². The van der Waals surface area contributed by atoms with Crippen LogP contribution in [0.1, 0.15) is 20.8 Å². The maximum absolute atomic E-state index is 12.7. The van der Waals surface area contributed by atoms with Gasteiger partial charge in [0.1, 0.15) is 6.04 Å². The molecule has 0 spiro atoms. The monoisotopic (exact) mass is 268 g/mol. The Morgan fingerprint density at radius 1 is 1.33 bits per heavy atom. The van der Waals surface area contributed by atoms with Gasteiger partial charge in [0.15, 0.2) is 0 Å². The fourth-order valence-electron chi connectivity index (χ4n) is 1.45. The number of piperazine rings is 1. The molecule has 1 aliphatic heterocycles. The number of amides is 2. The van der Waals surface area contributed by atoms with E-state index in [-0.39, 0.29) is 4.90 Å². The van der Waals surface area contributed by atoms with Crippen molar-refractivity contribution in [1.29, 1.82) is 0 Å². The van der Waals surface area contributed by atoms with E-state index in [1.54, 1.807) is 20.8 Å². The van der Waals surface area contributed by atoms with Gasteiger partial charge in [-0.2, -0.15) is 0 Å². The maximum Gasteiger partial charge on any atom is 0.487 e. The van der Waals surface area contributed by atoms with Gasteiger partial charge in [-0.3, -0.25) is 9.59 Å². The van der Waals surface area contributed by atoms with Crippen LogP contribution in [-0.4, -0.2) is 47.8 Å². The summed E-state index contributed by atoms with van der Waals surface area (Å²) in [5, 5.41) is 2.11. The van der Waals surface area contributed by atoms with E-state index in [0.29, 0.717) is 0 Å². The molecule has 0 aromatic rings. The molecule has 1 aliphatic rings. The van der Waals surface area contributed by atoms with Crippen LogP contribution in [0.2, 0.25) is 0 Å². The number of nitrogens with zero attached hydrogens (tertiary/aromatic N) is 1. The summed E-state index contributed by atoms with van der Waals surface area (Å²) >= 11 is 0. The van der Waals surface area contributed by atoms with E-state index in [2.05, 4.69) is 5.32 Å². The molecule has 0 unspecified atom stereocenters. The van der Waals surface area contributed by atoms with Gasteiger partial charge in [0.05, 0.1) is 18.8 Å². The van der Waals surface area contributed by atoms with Gasteiger partial charge in [-0.15, -0.1) is 13.2 Å². The summed E-state index contributed by atoms with van der Waals surface area (Å²) in [4.78, 5) is 22.3. The Hall–Kier alpha value is -1.31. The predicted molar refractivity (Wildman–Crippen MR) is 55.4 cm³/mol. The van der Waals surface area contributed by atoms with Crippen LogP contribution in [-0.2, 0) is 14.3 Å². The minimum Gasteiger partial charge on any atom is -0.373 e. The van der Waals surface area contributed by atoms with E-state index < -0.39 is 42.9 Å². The third-order valence-corrected chi connectivity index (χ3v) is 2.24. The highest BCUT2D eigenvalue weighted by Crippen LogP contribution is 2.26. The normalized spacial score (nSPS) is 22.1. The van der Waals surface area contributed by atoms with Crippen molar-refractivity contribution in [3.63, 3.8) is 0 Å². The van der Waals surface area contributed by atoms with E-state index in [1.807, 2.05) is 0 Å². The lowest BCUT2D eigenvalue weighted by atomic mass is 10.1. The number of rotatable bonds is 2. The Morgan fingerprint density at radius 2 is 1.89 bits per heavy atom. The van der Waals surface area contributed by atoms with Crippen molar-refractivity contribution in [3.05, 3.63) is 0 Å². The number of alkyl halides is 3. The second kappa shape index (κ2) is 4.75. The molecule has 5 nitrogen and oxygen atoms in total. The average molecular weight is 268 g/mol. The summed E-state index contributed by atoms with van der Waals surface area (Å²) in [6.07, 6.45) is -4.89. The molecule has 0 aromatic carbocycles. The van der Waals surface area contributed by atoms with Crippen LogP contribution < -0.4 is 5.32 Å². The smallest absolute Gasteiger partial charge is 0.373 e. The molecule has 1 rings (SSSR count). The first-order valence-electron chi connectivity index (χ1n) is 5.33. The van der Waals surface area contributed by atoms with Crippen LogP contribution in [0.3, 0.4) is 0 Å². The Labute approximate surface area is 102 Å². The van der Waals surface area contributed by atoms with Gasteiger partial charge in [0, 0.05) is 0 Å². The van der Waals surface area contributed by atoms with Gasteiger partial charge in [-0.05, 0) is 20.8 Å². The molecular formula is C10H15F3N2O3. The van der Waals surface area contributed by atoms with E-state index in [9.17, 15) is 22.8 Å². The molecule has 1 N–H and O–H groups in total. The summed E-state index contributed by atoms with van der Waals surface area (Å²) in [6.45, 7) is 3.79. The van der Waals surface area contributed by atoms with Gasteiger partial charge in [0.25, 0.3) is 0 Å². The molecule has 18 heavy (non-hydrogen) atoms. The minimum atomic E-state index is -4.89. The molecule has 0 bridgehead atoms. The fraction of sp³-hybridized carbons (Fsp3) is 0.800. The lowest BCUT2D eigenvalue weighted by Crippen LogP contribution is -2.64. The average Bonchev–Trinajstić information content (AvgIpc) is 2.15. The summed E-state index contributed by atoms with van der Waals surface area (Å²) in [6, 6.07) is -1.68. The lowest BCUT2D eigenvalue weighted by molar-refractivity contribution is -0.257. The third kappa shape index (κ3) is 3.59. The Bertz CT molecular complexity index is 349. The van der Waals surface area contributed by atoms with Gasteiger partial charge < -0.3 is 10.1 Å². The highest BCUT2D eigenvalue weighted by atomic mass is 19.4. The zero-order valence-electron chi connectivity index (χ0n) is 10.3. The predicted octanol–water partition coefficient (Wildman–Crippen LogP) is 0.648. The highest BCUT2D eigenvalue weighted by molar-refractivity contribution is 5.95. The van der Waals surface area contributed by atoms with Crippen molar-refractivity contribution in [1.82, 2.24) is 10.2 Å². The standard InChI is InChI=1S/C10H15F3N2O3/c1-9(2,3)18-5-6-8(17)14-4-7(16)15(6)10(11,12)13/h6H,4-5H2,1-3H3,(H,14,17)/t6-/m0/s1. The molecule has 0 radical (unpaired) electrons. The van der Waals surface area contributed by atoms with E-state index in [1.165, 1.54) is 0 Å². The van der Waals surface area contributed by atoms with Crippen LogP contribution in [0.25, 0.3) is 0 Å². The Balaban J connectivity index is 2.87. The quantitative estimate of drug-likeness (QED) is 0.748. The molecule has 0 aromatic heterocycles. The molecule has 1 fully saturated rings. The van der Waals surface area contributed by atoms with Crippen molar-refractivity contribution in [2.45, 2.75) is 38.7 Å². The number of carbonyl (C=O) groups excluding carboxylic acids is 2. The van der Waals surface area contributed by atoms with Gasteiger partial charge in [-0.1, -0.05) is 0 Å². The Kier molecular flexibility index (Phi) is 3.89. The molecule has 1 heterocycles. The first-order valence-corrected chi connectivity index (χ1v) is 5.33. The van der Waals surface area contributed by atoms with Crippen molar-refractivity contribution >= 4 is 11.8 Å².